The molecule has 1 aromatic carbocycles. The van der Waals surface area contributed by atoms with E-state index in [9.17, 15) is 0 Å². The lowest BCUT2D eigenvalue weighted by Gasteiger charge is -2.11. The van der Waals surface area contributed by atoms with Gasteiger partial charge in [0.25, 0.3) is 0 Å². The van der Waals surface area contributed by atoms with Crippen molar-refractivity contribution in [3.05, 3.63) is 24.3 Å². The Bertz CT molecular complexity index is 587. The fraction of sp³-hybridized carbons (Fsp3) is 0.308. The second-order valence-corrected chi connectivity index (χ2v) is 5.97. The second-order valence-electron chi connectivity index (χ2n) is 4.12. The van der Waals surface area contributed by atoms with Gasteiger partial charge in [0, 0.05) is 25.3 Å². The maximum Gasteiger partial charge on any atom is 0.344 e. The van der Waals surface area contributed by atoms with Crippen molar-refractivity contribution in [3.63, 3.8) is 0 Å². The average molecular weight is 308 g/mol. The topological polar surface area (TPSA) is 54.5 Å². The zero-order valence-corrected chi connectivity index (χ0v) is 13.5. The molecule has 0 aliphatic heterocycles. The Morgan fingerprint density at radius 1 is 1.10 bits per heavy atom. The van der Waals surface area contributed by atoms with Gasteiger partial charge in [-0.05, 0) is 36.8 Å². The highest BCUT2D eigenvalue weighted by Gasteiger charge is 2.09. The van der Waals surface area contributed by atoms with E-state index >= 15 is 0 Å². The summed E-state index contributed by atoms with van der Waals surface area (Å²) < 4.78 is 6.45. The first-order valence-corrected chi connectivity index (χ1v) is 8.37. The Labute approximate surface area is 126 Å². The molecule has 0 aliphatic carbocycles. The molecule has 0 unspecified atom stereocenters. The van der Waals surface area contributed by atoms with Gasteiger partial charge in [0.05, 0.1) is 0 Å². The average Bonchev–Trinajstić information content (AvgIpc) is 2.93. The molecule has 0 amide bonds. The summed E-state index contributed by atoms with van der Waals surface area (Å²) in [6.45, 7) is 0. The van der Waals surface area contributed by atoms with E-state index in [1.165, 1.54) is 0 Å². The normalized spacial score (nSPS) is 10.4. The Hall–Kier alpha value is -1.47. The quantitative estimate of drug-likeness (QED) is 0.639. The van der Waals surface area contributed by atoms with Crippen LogP contribution in [-0.2, 0) is 0 Å². The first-order chi connectivity index (χ1) is 9.63. The van der Waals surface area contributed by atoms with Gasteiger partial charge in [-0.2, -0.15) is 4.99 Å². The van der Waals surface area contributed by atoms with Crippen molar-refractivity contribution in [2.75, 3.05) is 31.5 Å². The van der Waals surface area contributed by atoms with Crippen LogP contribution in [-0.4, -0.2) is 41.2 Å². The van der Waals surface area contributed by atoms with Crippen LogP contribution in [0.15, 0.2) is 33.7 Å². The first kappa shape index (κ1) is 14.9. The summed E-state index contributed by atoms with van der Waals surface area (Å²) >= 11 is 3.11. The molecule has 0 atom stereocenters. The largest absolute Gasteiger partial charge is 0.402 e. The molecule has 2 rings (SSSR count). The molecule has 0 saturated carbocycles. The summed E-state index contributed by atoms with van der Waals surface area (Å²) in [6, 6.07) is 8.23. The summed E-state index contributed by atoms with van der Waals surface area (Å²) in [7, 11) is 4.00. The molecular formula is C13H16N4OS2. The zero-order chi connectivity index (χ0) is 14.5. The minimum Gasteiger partial charge on any atom is -0.402 e. The molecule has 0 spiro atoms. The van der Waals surface area contributed by atoms with Gasteiger partial charge in [-0.15, -0.1) is 28.6 Å². The highest BCUT2D eigenvalue weighted by atomic mass is 32.2. The van der Waals surface area contributed by atoms with Gasteiger partial charge in [-0.1, -0.05) is 5.10 Å². The summed E-state index contributed by atoms with van der Waals surface area (Å²) in [5.74, 6) is 0.482. The van der Waals surface area contributed by atoms with Gasteiger partial charge >= 0.3 is 6.01 Å². The molecule has 0 radical (unpaired) electrons. The van der Waals surface area contributed by atoms with Crippen LogP contribution >= 0.6 is 23.5 Å². The van der Waals surface area contributed by atoms with Crippen LogP contribution < -0.4 is 4.90 Å². The lowest BCUT2D eigenvalue weighted by Crippen LogP contribution is -2.07. The first-order valence-electron chi connectivity index (χ1n) is 5.92. The highest BCUT2D eigenvalue weighted by molar-refractivity contribution is 8.38. The number of thioether (sulfide) groups is 2. The molecule has 106 valence electrons. The Morgan fingerprint density at radius 3 is 2.30 bits per heavy atom. The molecule has 0 N–H and O–H groups in total. The molecule has 0 bridgehead atoms. The summed E-state index contributed by atoms with van der Waals surface area (Å²) in [5, 5.41) is 7.97. The zero-order valence-electron chi connectivity index (χ0n) is 11.8. The van der Waals surface area contributed by atoms with Crippen LogP contribution in [0.4, 0.5) is 11.7 Å². The third-order valence-electron chi connectivity index (χ3n) is 2.58. The van der Waals surface area contributed by atoms with Gasteiger partial charge in [0.15, 0.2) is 0 Å². The minimum absolute atomic E-state index is 0.287. The van der Waals surface area contributed by atoms with Gasteiger partial charge in [-0.3, -0.25) is 0 Å². The van der Waals surface area contributed by atoms with Crippen LogP contribution in [0.3, 0.4) is 0 Å². The van der Waals surface area contributed by atoms with E-state index in [0.29, 0.717) is 5.89 Å². The van der Waals surface area contributed by atoms with E-state index in [-0.39, 0.29) is 6.01 Å². The molecular weight excluding hydrogens is 292 g/mol. The van der Waals surface area contributed by atoms with E-state index in [0.717, 1.165) is 15.6 Å². The van der Waals surface area contributed by atoms with Crippen molar-refractivity contribution in [2.45, 2.75) is 0 Å². The van der Waals surface area contributed by atoms with E-state index in [1.807, 2.05) is 55.8 Å². The number of aromatic nitrogens is 2. The lowest BCUT2D eigenvalue weighted by molar-refractivity contribution is 0.580. The van der Waals surface area contributed by atoms with Crippen LogP contribution in [0.1, 0.15) is 0 Å². The Morgan fingerprint density at radius 2 is 1.75 bits per heavy atom. The lowest BCUT2D eigenvalue weighted by atomic mass is 10.2. The molecule has 5 nitrogen and oxygen atoms in total. The predicted octanol–water partition coefficient (Wildman–Crippen LogP) is 3.52. The molecule has 0 fully saturated rings. The second kappa shape index (κ2) is 6.81. The number of hydrogen-bond donors (Lipinski definition) is 0. The molecule has 20 heavy (non-hydrogen) atoms. The van der Waals surface area contributed by atoms with Crippen LogP contribution in [0, 0.1) is 0 Å². The van der Waals surface area contributed by atoms with Gasteiger partial charge in [0.1, 0.15) is 4.38 Å². The van der Waals surface area contributed by atoms with Crippen molar-refractivity contribution >= 4 is 39.6 Å². The number of anilines is 1. The minimum atomic E-state index is 0.287. The smallest absolute Gasteiger partial charge is 0.344 e. The summed E-state index contributed by atoms with van der Waals surface area (Å²) in [6.07, 6.45) is 3.93. The monoisotopic (exact) mass is 308 g/mol. The third kappa shape index (κ3) is 3.55. The SMILES string of the molecule is CSC(=Nc1nnc(-c2ccc(N(C)C)cc2)o1)SC. The van der Waals surface area contributed by atoms with Crippen LogP contribution in [0.2, 0.25) is 0 Å². The third-order valence-corrected chi connectivity index (χ3v) is 4.46. The van der Waals surface area contributed by atoms with Crippen molar-refractivity contribution < 1.29 is 4.42 Å². The van der Waals surface area contributed by atoms with Crippen molar-refractivity contribution in [1.29, 1.82) is 0 Å². The van der Waals surface area contributed by atoms with Crippen molar-refractivity contribution in [1.82, 2.24) is 10.2 Å². The highest BCUT2D eigenvalue weighted by Crippen LogP contribution is 2.25. The molecule has 1 aromatic heterocycles. The fourth-order valence-electron chi connectivity index (χ4n) is 1.53. The van der Waals surface area contributed by atoms with E-state index < -0.39 is 0 Å². The molecule has 2 aromatic rings. The van der Waals surface area contributed by atoms with E-state index in [4.69, 9.17) is 4.42 Å². The van der Waals surface area contributed by atoms with E-state index in [2.05, 4.69) is 15.2 Å². The Kier molecular flexibility index (Phi) is 5.08. The van der Waals surface area contributed by atoms with Gasteiger partial charge in [0.2, 0.25) is 5.89 Å². The maximum absolute atomic E-state index is 5.55. The molecule has 0 aliphatic rings. The Balaban J connectivity index is 2.22. The number of rotatable bonds is 3. The maximum atomic E-state index is 5.55. The number of hydrogen-bond acceptors (Lipinski definition) is 7. The van der Waals surface area contributed by atoms with Gasteiger partial charge in [-0.25, -0.2) is 0 Å². The standard InChI is InChI=1S/C13H16N4OS2/c1-17(2)10-7-5-9(6-8-10)11-15-16-12(18-11)14-13(19-3)20-4/h5-8H,1-4H3. The molecule has 1 heterocycles. The van der Waals surface area contributed by atoms with Crippen LogP contribution in [0.5, 0.6) is 0 Å². The number of benzene rings is 1. The van der Waals surface area contributed by atoms with Crippen molar-refractivity contribution in [2.24, 2.45) is 4.99 Å². The van der Waals surface area contributed by atoms with E-state index in [1.54, 1.807) is 23.5 Å². The predicted molar refractivity (Wildman–Crippen MR) is 88.2 cm³/mol. The van der Waals surface area contributed by atoms with Gasteiger partial charge < -0.3 is 9.32 Å². The number of aliphatic imine (C=N–C) groups is 1. The van der Waals surface area contributed by atoms with Crippen molar-refractivity contribution in [3.8, 4) is 11.5 Å². The summed E-state index contributed by atoms with van der Waals surface area (Å²) in [5.41, 5.74) is 2.01. The summed E-state index contributed by atoms with van der Waals surface area (Å²) in [4.78, 5) is 6.32. The fourth-order valence-corrected chi connectivity index (χ4v) is 2.54. The molecule has 7 heteroatoms. The van der Waals surface area contributed by atoms with Crippen LogP contribution in [0.25, 0.3) is 11.5 Å². The molecule has 0 saturated heterocycles. The number of nitrogens with zero attached hydrogens (tertiary/aromatic N) is 4.